The van der Waals surface area contributed by atoms with Crippen molar-refractivity contribution < 1.29 is 27.4 Å². The average Bonchev–Trinajstić information content (AvgIpc) is 2.47. The molecule has 0 bridgehead atoms. The molecule has 120 valence electrons. The summed E-state index contributed by atoms with van der Waals surface area (Å²) in [5.41, 5.74) is -0.766. The van der Waals surface area contributed by atoms with Gasteiger partial charge in [0.15, 0.2) is 0 Å². The highest BCUT2D eigenvalue weighted by molar-refractivity contribution is 5.87. The normalized spacial score (nSPS) is 22.0. The molecular weight excluding hydrogens is 299 g/mol. The van der Waals surface area contributed by atoms with Gasteiger partial charge in [0.05, 0.1) is 24.8 Å². The number of alkyl halides is 3. The van der Waals surface area contributed by atoms with Crippen LogP contribution in [0.3, 0.4) is 0 Å². The van der Waals surface area contributed by atoms with Gasteiger partial charge in [-0.05, 0) is 24.3 Å². The van der Waals surface area contributed by atoms with E-state index in [4.69, 9.17) is 9.47 Å². The number of hydrogen-bond donors (Lipinski definition) is 1. The van der Waals surface area contributed by atoms with Crippen LogP contribution in [0.1, 0.15) is 12.0 Å². The Labute approximate surface area is 125 Å². The third kappa shape index (κ3) is 4.49. The lowest BCUT2D eigenvalue weighted by molar-refractivity contribution is -0.137. The van der Waals surface area contributed by atoms with E-state index in [1.165, 1.54) is 12.1 Å². The van der Waals surface area contributed by atoms with E-state index in [9.17, 15) is 18.0 Å². The molecule has 2 unspecified atom stereocenters. The van der Waals surface area contributed by atoms with E-state index in [0.29, 0.717) is 13.0 Å². The first-order chi connectivity index (χ1) is 10.4. The van der Waals surface area contributed by atoms with Gasteiger partial charge in [-0.25, -0.2) is 0 Å². The van der Waals surface area contributed by atoms with Crippen LogP contribution < -0.4 is 10.1 Å². The Bertz CT molecular complexity index is 545. The molecule has 1 N–H and O–H groups in total. The van der Waals surface area contributed by atoms with Gasteiger partial charge >= 0.3 is 6.18 Å². The highest BCUT2D eigenvalue weighted by Gasteiger charge is 2.31. The molecule has 1 aromatic rings. The zero-order chi connectivity index (χ0) is 16.2. The summed E-state index contributed by atoms with van der Waals surface area (Å²) in [4.78, 5) is 11.2. The molecule has 1 aromatic carbocycles. The maximum atomic E-state index is 12.7. The van der Waals surface area contributed by atoms with Crippen molar-refractivity contribution in [3.63, 3.8) is 0 Å². The molecule has 0 aliphatic carbocycles. The maximum Gasteiger partial charge on any atom is 0.416 e. The fraction of sp³-hybridized carbons (Fsp3) is 0.400. The largest absolute Gasteiger partial charge is 0.488 e. The number of benzene rings is 1. The van der Waals surface area contributed by atoms with Crippen LogP contribution in [0.15, 0.2) is 36.9 Å². The van der Waals surface area contributed by atoms with Gasteiger partial charge in [-0.3, -0.25) is 4.79 Å². The summed E-state index contributed by atoms with van der Waals surface area (Å²) in [7, 11) is 0. The number of hydrogen-bond acceptors (Lipinski definition) is 3. The molecule has 7 heteroatoms. The zero-order valence-electron chi connectivity index (χ0n) is 11.7. The van der Waals surface area contributed by atoms with Crippen molar-refractivity contribution in [2.24, 2.45) is 0 Å². The smallest absolute Gasteiger partial charge is 0.416 e. The first kappa shape index (κ1) is 16.4. The van der Waals surface area contributed by atoms with Crippen LogP contribution in [0.2, 0.25) is 0 Å². The highest BCUT2D eigenvalue weighted by Crippen LogP contribution is 2.31. The second kappa shape index (κ2) is 6.83. The van der Waals surface area contributed by atoms with Crippen molar-refractivity contribution in [2.45, 2.75) is 24.7 Å². The van der Waals surface area contributed by atoms with Crippen LogP contribution in [0.5, 0.6) is 5.75 Å². The summed E-state index contributed by atoms with van der Waals surface area (Å²) in [6.07, 6.45) is -3.23. The lowest BCUT2D eigenvalue weighted by Gasteiger charge is -2.30. The summed E-state index contributed by atoms with van der Waals surface area (Å²) < 4.78 is 48.8. The van der Waals surface area contributed by atoms with Crippen LogP contribution in [0.4, 0.5) is 13.2 Å². The Morgan fingerprint density at radius 1 is 1.41 bits per heavy atom. The summed E-state index contributed by atoms with van der Waals surface area (Å²) in [5.74, 6) is -0.201. The van der Waals surface area contributed by atoms with Gasteiger partial charge in [0.2, 0.25) is 5.91 Å². The summed E-state index contributed by atoms with van der Waals surface area (Å²) in [5, 5.41) is 2.68. The topological polar surface area (TPSA) is 47.6 Å². The standard InChI is InChI=1S/C15H16F3NO3/c1-2-14(20)19-11-7-13(9-21-8-11)22-12-5-3-4-10(6-12)15(16,17)18/h2-6,11,13H,1,7-9H2,(H,19,20). The monoisotopic (exact) mass is 315 g/mol. The third-order valence-electron chi connectivity index (χ3n) is 3.17. The molecule has 1 aliphatic rings. The van der Waals surface area contributed by atoms with Gasteiger partial charge in [-0.1, -0.05) is 12.6 Å². The second-order valence-corrected chi connectivity index (χ2v) is 4.95. The lowest BCUT2D eigenvalue weighted by atomic mass is 10.1. The van der Waals surface area contributed by atoms with Crippen LogP contribution in [-0.4, -0.2) is 31.3 Å². The quantitative estimate of drug-likeness (QED) is 0.869. The van der Waals surface area contributed by atoms with Crippen LogP contribution in [0, 0.1) is 0 Å². The summed E-state index contributed by atoms with van der Waals surface area (Å²) >= 11 is 0. The Hall–Kier alpha value is -2.02. The van der Waals surface area contributed by atoms with Crippen LogP contribution in [0.25, 0.3) is 0 Å². The number of rotatable bonds is 4. The molecule has 0 radical (unpaired) electrons. The molecule has 1 heterocycles. The Kier molecular flexibility index (Phi) is 5.07. The van der Waals surface area contributed by atoms with Gasteiger partial charge in [0, 0.05) is 6.42 Å². The molecule has 22 heavy (non-hydrogen) atoms. The second-order valence-electron chi connectivity index (χ2n) is 4.95. The average molecular weight is 315 g/mol. The first-order valence-electron chi connectivity index (χ1n) is 6.73. The predicted molar refractivity (Wildman–Crippen MR) is 73.4 cm³/mol. The number of halogens is 3. The van der Waals surface area contributed by atoms with Crippen molar-refractivity contribution in [2.75, 3.05) is 13.2 Å². The number of carbonyl (C=O) groups is 1. The fourth-order valence-corrected chi connectivity index (χ4v) is 2.18. The van der Waals surface area contributed by atoms with E-state index in [1.54, 1.807) is 0 Å². The van der Waals surface area contributed by atoms with E-state index in [1.807, 2.05) is 0 Å². The van der Waals surface area contributed by atoms with Gasteiger partial charge in [0.1, 0.15) is 11.9 Å². The minimum absolute atomic E-state index is 0.124. The minimum Gasteiger partial charge on any atom is -0.488 e. The minimum atomic E-state index is -4.41. The Balaban J connectivity index is 1.98. The zero-order valence-corrected chi connectivity index (χ0v) is 11.7. The Morgan fingerprint density at radius 2 is 2.18 bits per heavy atom. The van der Waals surface area contributed by atoms with Crippen molar-refractivity contribution in [3.05, 3.63) is 42.5 Å². The van der Waals surface area contributed by atoms with E-state index < -0.39 is 17.8 Å². The van der Waals surface area contributed by atoms with E-state index in [0.717, 1.165) is 18.2 Å². The van der Waals surface area contributed by atoms with Crippen LogP contribution in [-0.2, 0) is 15.7 Å². The molecule has 0 aromatic heterocycles. The molecule has 0 spiro atoms. The van der Waals surface area contributed by atoms with Crippen molar-refractivity contribution in [3.8, 4) is 5.75 Å². The van der Waals surface area contributed by atoms with Crippen molar-refractivity contribution in [1.82, 2.24) is 5.32 Å². The van der Waals surface area contributed by atoms with Crippen molar-refractivity contribution >= 4 is 5.91 Å². The summed E-state index contributed by atoms with van der Waals surface area (Å²) in [6.45, 7) is 3.95. The Morgan fingerprint density at radius 3 is 2.86 bits per heavy atom. The van der Waals surface area contributed by atoms with E-state index >= 15 is 0 Å². The first-order valence-corrected chi connectivity index (χ1v) is 6.73. The van der Waals surface area contributed by atoms with Crippen LogP contribution >= 0.6 is 0 Å². The van der Waals surface area contributed by atoms with E-state index in [-0.39, 0.29) is 24.3 Å². The molecule has 1 saturated heterocycles. The lowest BCUT2D eigenvalue weighted by Crippen LogP contribution is -2.46. The predicted octanol–water partition coefficient (Wildman–Crippen LogP) is 2.54. The fourth-order valence-electron chi connectivity index (χ4n) is 2.18. The van der Waals surface area contributed by atoms with E-state index in [2.05, 4.69) is 11.9 Å². The third-order valence-corrected chi connectivity index (χ3v) is 3.17. The SMILES string of the molecule is C=CC(=O)NC1COCC(Oc2cccc(C(F)(F)F)c2)C1. The molecular formula is C15H16F3NO3. The van der Waals surface area contributed by atoms with Gasteiger partial charge in [0.25, 0.3) is 0 Å². The molecule has 2 rings (SSSR count). The molecule has 2 atom stereocenters. The molecule has 0 saturated carbocycles. The van der Waals surface area contributed by atoms with Crippen molar-refractivity contribution in [1.29, 1.82) is 0 Å². The molecule has 1 amide bonds. The number of ether oxygens (including phenoxy) is 2. The number of carbonyl (C=O) groups excluding carboxylic acids is 1. The van der Waals surface area contributed by atoms with Gasteiger partial charge in [-0.15, -0.1) is 0 Å². The number of nitrogens with one attached hydrogen (secondary N) is 1. The van der Waals surface area contributed by atoms with Gasteiger partial charge in [-0.2, -0.15) is 13.2 Å². The molecule has 1 fully saturated rings. The van der Waals surface area contributed by atoms with Gasteiger partial charge < -0.3 is 14.8 Å². The maximum absolute atomic E-state index is 12.7. The highest BCUT2D eigenvalue weighted by atomic mass is 19.4. The molecule has 4 nitrogen and oxygen atoms in total. The summed E-state index contributed by atoms with van der Waals surface area (Å²) in [6, 6.07) is 4.43. The molecule has 1 aliphatic heterocycles. The number of amides is 1.